The molecular weight excluding hydrogens is 206 g/mol. The predicted octanol–water partition coefficient (Wildman–Crippen LogP) is 1.47. The van der Waals surface area contributed by atoms with Crippen LogP contribution in [0.3, 0.4) is 0 Å². The van der Waals surface area contributed by atoms with Gasteiger partial charge in [0.15, 0.2) is 0 Å². The minimum atomic E-state index is -1.03. The third-order valence-corrected chi connectivity index (χ3v) is 3.20. The fourth-order valence-corrected chi connectivity index (χ4v) is 2.22. The van der Waals surface area contributed by atoms with Gasteiger partial charge in [0.2, 0.25) is 0 Å². The molecule has 1 aliphatic rings. The van der Waals surface area contributed by atoms with E-state index in [1.54, 1.807) is 12.5 Å². The van der Waals surface area contributed by atoms with Crippen molar-refractivity contribution in [3.63, 3.8) is 0 Å². The van der Waals surface area contributed by atoms with Crippen molar-refractivity contribution < 1.29 is 9.90 Å². The van der Waals surface area contributed by atoms with Crippen LogP contribution in [0.4, 0.5) is 0 Å². The molecule has 16 heavy (non-hydrogen) atoms. The van der Waals surface area contributed by atoms with Gasteiger partial charge in [-0.25, -0.2) is 4.98 Å². The third kappa shape index (κ3) is 2.24. The zero-order valence-corrected chi connectivity index (χ0v) is 9.17. The number of carboxylic acid groups (broad SMARTS) is 1. The van der Waals surface area contributed by atoms with Crippen LogP contribution in [0.15, 0.2) is 12.5 Å². The van der Waals surface area contributed by atoms with E-state index in [2.05, 4.69) is 4.98 Å². The number of nitrogens with two attached hydrogens (primary N) is 1. The third-order valence-electron chi connectivity index (χ3n) is 3.20. The van der Waals surface area contributed by atoms with Crippen LogP contribution in [0.1, 0.15) is 49.9 Å². The summed E-state index contributed by atoms with van der Waals surface area (Å²) in [7, 11) is 0. The summed E-state index contributed by atoms with van der Waals surface area (Å²) in [6.45, 7) is 0. The normalized spacial score (nSPS) is 19.6. The molecule has 0 aromatic carbocycles. The van der Waals surface area contributed by atoms with Gasteiger partial charge in [-0.05, 0) is 12.8 Å². The largest absolute Gasteiger partial charge is 0.480 e. The van der Waals surface area contributed by atoms with E-state index in [4.69, 9.17) is 10.8 Å². The van der Waals surface area contributed by atoms with E-state index in [1.807, 2.05) is 4.57 Å². The summed E-state index contributed by atoms with van der Waals surface area (Å²) in [5.74, 6) is -1.03. The summed E-state index contributed by atoms with van der Waals surface area (Å²) in [5, 5.41) is 8.78. The highest BCUT2D eigenvalue weighted by atomic mass is 16.4. The molecule has 0 amide bonds. The van der Waals surface area contributed by atoms with Crippen molar-refractivity contribution in [2.45, 2.75) is 44.2 Å². The average molecular weight is 223 g/mol. The number of carboxylic acids is 1. The van der Waals surface area contributed by atoms with Crippen LogP contribution < -0.4 is 5.73 Å². The van der Waals surface area contributed by atoms with Gasteiger partial charge in [0.1, 0.15) is 6.04 Å². The molecule has 1 heterocycles. The minimum absolute atomic E-state index is 0.443. The molecule has 0 radical (unpaired) electrons. The maximum Gasteiger partial charge on any atom is 0.326 e. The number of hydrogen-bond acceptors (Lipinski definition) is 3. The second kappa shape index (κ2) is 4.65. The van der Waals surface area contributed by atoms with Crippen molar-refractivity contribution in [2.24, 2.45) is 5.73 Å². The minimum Gasteiger partial charge on any atom is -0.480 e. The highest BCUT2D eigenvalue weighted by molar-refractivity contribution is 5.74. The number of carbonyl (C=O) groups is 1. The Morgan fingerprint density at radius 2 is 2.19 bits per heavy atom. The first-order chi connectivity index (χ1) is 7.68. The molecule has 5 nitrogen and oxygen atoms in total. The smallest absolute Gasteiger partial charge is 0.326 e. The average Bonchev–Trinajstić information content (AvgIpc) is 2.78. The van der Waals surface area contributed by atoms with E-state index < -0.39 is 12.0 Å². The van der Waals surface area contributed by atoms with Crippen LogP contribution in [-0.2, 0) is 4.79 Å². The second-order valence-electron chi connectivity index (χ2n) is 4.35. The Morgan fingerprint density at radius 3 is 2.81 bits per heavy atom. The Balaban J connectivity index is 2.09. The highest BCUT2D eigenvalue weighted by Gasteiger charge is 2.20. The van der Waals surface area contributed by atoms with Gasteiger partial charge in [-0.2, -0.15) is 0 Å². The van der Waals surface area contributed by atoms with Crippen molar-refractivity contribution in [1.29, 1.82) is 0 Å². The number of aromatic nitrogens is 2. The molecule has 5 heteroatoms. The molecule has 0 aliphatic heterocycles. The van der Waals surface area contributed by atoms with Crippen molar-refractivity contribution in [2.75, 3.05) is 0 Å². The van der Waals surface area contributed by atoms with E-state index in [0.29, 0.717) is 11.7 Å². The molecule has 1 aliphatic carbocycles. The summed E-state index contributed by atoms with van der Waals surface area (Å²) < 4.78 is 2.01. The first kappa shape index (κ1) is 11.1. The Morgan fingerprint density at radius 1 is 1.50 bits per heavy atom. The maximum absolute atomic E-state index is 10.7. The molecule has 1 aromatic rings. The summed E-state index contributed by atoms with van der Waals surface area (Å²) in [6.07, 6.45) is 9.55. The van der Waals surface area contributed by atoms with Gasteiger partial charge in [0.25, 0.3) is 0 Å². The Kier molecular flexibility index (Phi) is 3.24. The van der Waals surface area contributed by atoms with Crippen molar-refractivity contribution in [1.82, 2.24) is 9.55 Å². The van der Waals surface area contributed by atoms with Gasteiger partial charge in [0, 0.05) is 12.2 Å². The standard InChI is InChI=1S/C11H17N3O2/c12-10(11(15)16)9-6-14(7-13-9)8-4-2-1-3-5-8/h6-8,10H,1-5,12H2,(H,15,16). The molecule has 1 fully saturated rings. The quantitative estimate of drug-likeness (QED) is 0.813. The number of imidazole rings is 1. The number of nitrogens with zero attached hydrogens (tertiary/aromatic N) is 2. The van der Waals surface area contributed by atoms with E-state index in [9.17, 15) is 4.79 Å². The zero-order valence-electron chi connectivity index (χ0n) is 9.17. The second-order valence-corrected chi connectivity index (χ2v) is 4.35. The molecule has 88 valence electrons. The number of hydrogen-bond donors (Lipinski definition) is 2. The van der Waals surface area contributed by atoms with Crippen LogP contribution in [0.25, 0.3) is 0 Å². The molecular formula is C11H17N3O2. The van der Waals surface area contributed by atoms with Crippen molar-refractivity contribution in [3.05, 3.63) is 18.2 Å². The molecule has 1 atom stereocenters. The summed E-state index contributed by atoms with van der Waals surface area (Å²) >= 11 is 0. The summed E-state index contributed by atoms with van der Waals surface area (Å²) in [5.41, 5.74) is 5.95. The SMILES string of the molecule is NC(C(=O)O)c1cn(C2CCCCC2)cn1. The van der Waals surface area contributed by atoms with Gasteiger partial charge in [-0.15, -0.1) is 0 Å². The van der Waals surface area contributed by atoms with Gasteiger partial charge < -0.3 is 15.4 Å². The van der Waals surface area contributed by atoms with Crippen LogP contribution in [-0.4, -0.2) is 20.6 Å². The first-order valence-electron chi connectivity index (χ1n) is 5.70. The van der Waals surface area contributed by atoms with Gasteiger partial charge >= 0.3 is 5.97 Å². The Bertz CT molecular complexity index is 369. The zero-order chi connectivity index (χ0) is 11.5. The van der Waals surface area contributed by atoms with Crippen LogP contribution in [0, 0.1) is 0 Å². The van der Waals surface area contributed by atoms with Gasteiger partial charge in [-0.3, -0.25) is 4.79 Å². The van der Waals surface area contributed by atoms with E-state index in [0.717, 1.165) is 12.8 Å². The molecule has 1 saturated carbocycles. The van der Waals surface area contributed by atoms with Crippen LogP contribution >= 0.6 is 0 Å². The van der Waals surface area contributed by atoms with E-state index in [1.165, 1.54) is 19.3 Å². The van der Waals surface area contributed by atoms with E-state index >= 15 is 0 Å². The fourth-order valence-electron chi connectivity index (χ4n) is 2.22. The number of aliphatic carboxylic acids is 1. The van der Waals surface area contributed by atoms with E-state index in [-0.39, 0.29) is 0 Å². The van der Waals surface area contributed by atoms with Gasteiger partial charge in [-0.1, -0.05) is 19.3 Å². The lowest BCUT2D eigenvalue weighted by Crippen LogP contribution is -2.21. The molecule has 1 unspecified atom stereocenters. The maximum atomic E-state index is 10.7. The summed E-state index contributed by atoms with van der Waals surface area (Å²) in [4.78, 5) is 14.8. The molecule has 0 saturated heterocycles. The first-order valence-corrected chi connectivity index (χ1v) is 5.70. The predicted molar refractivity (Wildman–Crippen MR) is 58.9 cm³/mol. The van der Waals surface area contributed by atoms with Crippen LogP contribution in [0.2, 0.25) is 0 Å². The van der Waals surface area contributed by atoms with Crippen molar-refractivity contribution in [3.8, 4) is 0 Å². The lowest BCUT2D eigenvalue weighted by molar-refractivity contribution is -0.138. The highest BCUT2D eigenvalue weighted by Crippen LogP contribution is 2.28. The molecule has 2 rings (SSSR count). The summed E-state index contributed by atoms with van der Waals surface area (Å²) in [6, 6.07) is -0.541. The van der Waals surface area contributed by atoms with Crippen molar-refractivity contribution >= 4 is 5.97 Å². The molecule has 3 N–H and O–H groups in total. The molecule has 0 spiro atoms. The molecule has 0 bridgehead atoms. The van der Waals surface area contributed by atoms with Gasteiger partial charge in [0.05, 0.1) is 12.0 Å². The Labute approximate surface area is 94.3 Å². The lowest BCUT2D eigenvalue weighted by Gasteiger charge is -2.22. The van der Waals surface area contributed by atoms with Crippen LogP contribution in [0.5, 0.6) is 0 Å². The molecule has 1 aromatic heterocycles. The Hall–Kier alpha value is -1.36. The topological polar surface area (TPSA) is 81.1 Å². The number of rotatable bonds is 3. The monoisotopic (exact) mass is 223 g/mol. The lowest BCUT2D eigenvalue weighted by atomic mass is 9.95. The fraction of sp³-hybridized carbons (Fsp3) is 0.636.